The highest BCUT2D eigenvalue weighted by Gasteiger charge is 2.31. The highest BCUT2D eigenvalue weighted by Crippen LogP contribution is 2.34. The molecule has 2 N–H and O–H groups in total. The molecule has 2 fully saturated rings. The Balaban J connectivity index is 1.91. The van der Waals surface area contributed by atoms with E-state index in [9.17, 15) is 9.59 Å². The third-order valence-electron chi connectivity index (χ3n) is 5.40. The minimum absolute atomic E-state index is 0.140. The predicted molar refractivity (Wildman–Crippen MR) is 113 cm³/mol. The zero-order valence-corrected chi connectivity index (χ0v) is 18.1. The Morgan fingerprint density at radius 3 is 1.55 bits per heavy atom. The number of rotatable bonds is 9. The molecule has 0 saturated heterocycles. The Hall–Kier alpha value is -1.55. The summed E-state index contributed by atoms with van der Waals surface area (Å²) in [6, 6.07) is 0.757. The van der Waals surface area contributed by atoms with Crippen molar-refractivity contribution >= 4 is 41.4 Å². The number of carbonyl (C=O) groups is 2. The van der Waals surface area contributed by atoms with Gasteiger partial charge in [-0.05, 0) is 25.7 Å². The molecule has 0 aromatic carbocycles. The zero-order valence-electron chi connectivity index (χ0n) is 16.5. The van der Waals surface area contributed by atoms with Crippen molar-refractivity contribution in [2.24, 2.45) is 0 Å². The van der Waals surface area contributed by atoms with E-state index in [0.717, 1.165) is 49.2 Å². The summed E-state index contributed by atoms with van der Waals surface area (Å²) in [6.07, 6.45) is 11.7. The van der Waals surface area contributed by atoms with Crippen molar-refractivity contribution in [2.75, 3.05) is 16.4 Å². The van der Waals surface area contributed by atoms with Gasteiger partial charge in [0.2, 0.25) is 5.95 Å². The Labute approximate surface area is 179 Å². The summed E-state index contributed by atoms with van der Waals surface area (Å²) in [6.45, 7) is 0. The van der Waals surface area contributed by atoms with E-state index in [1.807, 2.05) is 0 Å². The first-order chi connectivity index (χ1) is 14.0. The van der Waals surface area contributed by atoms with Crippen LogP contribution < -0.4 is 4.90 Å². The van der Waals surface area contributed by atoms with Gasteiger partial charge in [0, 0.05) is 12.1 Å². The van der Waals surface area contributed by atoms with Gasteiger partial charge in [-0.25, -0.2) is 0 Å². The van der Waals surface area contributed by atoms with Crippen LogP contribution >= 0.6 is 23.5 Å². The van der Waals surface area contributed by atoms with Crippen LogP contribution in [0.1, 0.15) is 64.2 Å². The van der Waals surface area contributed by atoms with Crippen LogP contribution in [0.2, 0.25) is 0 Å². The Bertz CT molecular complexity index is 655. The van der Waals surface area contributed by atoms with Crippen molar-refractivity contribution < 1.29 is 19.8 Å². The van der Waals surface area contributed by atoms with Crippen LogP contribution in [-0.2, 0) is 9.59 Å². The van der Waals surface area contributed by atoms with Gasteiger partial charge in [-0.3, -0.25) is 9.59 Å². The van der Waals surface area contributed by atoms with Gasteiger partial charge in [0.15, 0.2) is 10.3 Å². The third kappa shape index (κ3) is 6.74. The summed E-state index contributed by atoms with van der Waals surface area (Å²) in [5, 5.41) is 18.7. The van der Waals surface area contributed by atoms with E-state index in [1.54, 1.807) is 0 Å². The molecule has 8 nitrogen and oxygen atoms in total. The van der Waals surface area contributed by atoms with Gasteiger partial charge in [0.25, 0.3) is 0 Å². The zero-order chi connectivity index (χ0) is 20.6. The lowest BCUT2D eigenvalue weighted by Crippen LogP contribution is -2.46. The number of aromatic nitrogens is 3. The molecule has 160 valence electrons. The van der Waals surface area contributed by atoms with Crippen molar-refractivity contribution in [3.8, 4) is 0 Å². The van der Waals surface area contributed by atoms with E-state index in [1.165, 1.54) is 38.5 Å². The molecule has 1 heterocycles. The minimum atomic E-state index is -0.937. The van der Waals surface area contributed by atoms with Crippen LogP contribution in [0.3, 0.4) is 0 Å². The summed E-state index contributed by atoms with van der Waals surface area (Å²) in [5.41, 5.74) is 0. The lowest BCUT2D eigenvalue weighted by molar-refractivity contribution is -0.134. The van der Waals surface area contributed by atoms with Crippen LogP contribution in [0.15, 0.2) is 10.3 Å². The molecule has 29 heavy (non-hydrogen) atoms. The van der Waals surface area contributed by atoms with Gasteiger partial charge in [0.05, 0.1) is 11.5 Å². The van der Waals surface area contributed by atoms with Gasteiger partial charge in [-0.15, -0.1) is 0 Å². The molecular formula is C19H28N4O4S2. The fourth-order valence-electron chi connectivity index (χ4n) is 4.17. The first-order valence-corrected chi connectivity index (χ1v) is 12.2. The second kappa shape index (κ2) is 11.0. The summed E-state index contributed by atoms with van der Waals surface area (Å²) in [7, 11) is 0. The van der Waals surface area contributed by atoms with Crippen LogP contribution in [0.5, 0.6) is 0 Å². The average Bonchev–Trinajstić information content (AvgIpc) is 2.72. The fraction of sp³-hybridized carbons (Fsp3) is 0.737. The molecule has 2 saturated carbocycles. The number of carboxylic acids is 2. The van der Waals surface area contributed by atoms with E-state index in [-0.39, 0.29) is 11.5 Å². The highest BCUT2D eigenvalue weighted by molar-refractivity contribution is 8.00. The predicted octanol–water partition coefficient (Wildman–Crippen LogP) is 3.70. The van der Waals surface area contributed by atoms with Crippen LogP contribution in [0, 0.1) is 0 Å². The molecule has 10 heteroatoms. The molecular weight excluding hydrogens is 412 g/mol. The number of thioether (sulfide) groups is 2. The second-order valence-electron chi connectivity index (χ2n) is 7.56. The summed E-state index contributed by atoms with van der Waals surface area (Å²) in [4.78, 5) is 37.9. The molecule has 0 unspecified atom stereocenters. The monoisotopic (exact) mass is 440 g/mol. The number of nitrogens with zero attached hydrogens (tertiary/aromatic N) is 4. The maximum absolute atomic E-state index is 11.0. The number of hydrogen-bond donors (Lipinski definition) is 2. The van der Waals surface area contributed by atoms with E-state index in [0.29, 0.717) is 28.3 Å². The first kappa shape index (κ1) is 22.1. The van der Waals surface area contributed by atoms with E-state index in [2.05, 4.69) is 19.9 Å². The van der Waals surface area contributed by atoms with E-state index in [4.69, 9.17) is 10.2 Å². The van der Waals surface area contributed by atoms with Crippen molar-refractivity contribution in [2.45, 2.75) is 86.6 Å². The largest absolute Gasteiger partial charge is 0.481 e. The normalized spacial score (nSPS) is 18.5. The van der Waals surface area contributed by atoms with Gasteiger partial charge in [-0.2, -0.15) is 15.0 Å². The maximum atomic E-state index is 11.0. The Morgan fingerprint density at radius 2 is 1.17 bits per heavy atom. The first-order valence-electron chi connectivity index (χ1n) is 10.3. The molecule has 1 aromatic rings. The smallest absolute Gasteiger partial charge is 0.313 e. The lowest BCUT2D eigenvalue weighted by Gasteiger charge is -2.41. The molecule has 2 aliphatic rings. The summed E-state index contributed by atoms with van der Waals surface area (Å²) >= 11 is 2.11. The van der Waals surface area contributed by atoms with Crippen molar-refractivity contribution in [3.63, 3.8) is 0 Å². The van der Waals surface area contributed by atoms with Crippen LogP contribution in [0.4, 0.5) is 5.95 Å². The summed E-state index contributed by atoms with van der Waals surface area (Å²) < 4.78 is 0. The second-order valence-corrected chi connectivity index (χ2v) is 9.44. The molecule has 0 spiro atoms. The lowest BCUT2D eigenvalue weighted by atomic mass is 9.89. The Morgan fingerprint density at radius 1 is 0.759 bits per heavy atom. The summed E-state index contributed by atoms with van der Waals surface area (Å²) in [5.74, 6) is -1.57. The molecule has 3 rings (SSSR count). The van der Waals surface area contributed by atoms with E-state index < -0.39 is 11.9 Å². The minimum Gasteiger partial charge on any atom is -0.481 e. The van der Waals surface area contributed by atoms with Gasteiger partial charge in [-0.1, -0.05) is 62.0 Å². The molecule has 1 aromatic heterocycles. The molecule has 0 amide bonds. The SMILES string of the molecule is O=C(O)CSc1nc(SCC(=O)O)nc(N(C2CCCCC2)C2CCCCC2)n1. The number of carboxylic acid groups (broad SMARTS) is 2. The number of hydrogen-bond acceptors (Lipinski definition) is 8. The number of aliphatic carboxylic acids is 2. The van der Waals surface area contributed by atoms with Crippen molar-refractivity contribution in [3.05, 3.63) is 0 Å². The third-order valence-corrected chi connectivity index (χ3v) is 7.06. The highest BCUT2D eigenvalue weighted by atomic mass is 32.2. The Kier molecular flexibility index (Phi) is 8.40. The molecule has 0 bridgehead atoms. The number of anilines is 1. The van der Waals surface area contributed by atoms with Crippen LogP contribution in [0.25, 0.3) is 0 Å². The van der Waals surface area contributed by atoms with E-state index >= 15 is 0 Å². The van der Waals surface area contributed by atoms with Gasteiger partial charge in [0.1, 0.15) is 0 Å². The van der Waals surface area contributed by atoms with Crippen molar-refractivity contribution in [1.82, 2.24) is 15.0 Å². The maximum Gasteiger partial charge on any atom is 0.313 e. The molecule has 0 radical (unpaired) electrons. The fourth-order valence-corrected chi connectivity index (χ4v) is 5.33. The molecule has 0 atom stereocenters. The van der Waals surface area contributed by atoms with Gasteiger partial charge >= 0.3 is 11.9 Å². The topological polar surface area (TPSA) is 117 Å². The average molecular weight is 441 g/mol. The van der Waals surface area contributed by atoms with Crippen LogP contribution in [-0.4, -0.2) is 60.7 Å². The quantitative estimate of drug-likeness (QED) is 0.550. The molecule has 2 aliphatic carbocycles. The molecule has 0 aliphatic heterocycles. The van der Waals surface area contributed by atoms with Gasteiger partial charge < -0.3 is 15.1 Å². The van der Waals surface area contributed by atoms with Crippen molar-refractivity contribution in [1.29, 1.82) is 0 Å². The standard InChI is InChI=1S/C19H28N4O4S2/c24-15(25)11-28-18-20-17(21-19(22-18)29-12-16(26)27)23(13-7-3-1-4-8-13)14-9-5-2-6-10-14/h13-14H,1-12H2,(H,24,25)(H,26,27).